The second-order valence-electron chi connectivity index (χ2n) is 5.35. The zero-order chi connectivity index (χ0) is 16.5. The lowest BCUT2D eigenvalue weighted by Gasteiger charge is -2.24. The summed E-state index contributed by atoms with van der Waals surface area (Å²) in [6.45, 7) is 7.69. The van der Waals surface area contributed by atoms with Crippen LogP contribution in [0, 0.1) is 6.92 Å². The smallest absolute Gasteiger partial charge is 0.191 e. The van der Waals surface area contributed by atoms with Gasteiger partial charge in [0, 0.05) is 38.6 Å². The molecule has 132 valence electrons. The highest BCUT2D eigenvalue weighted by atomic mass is 127. The molecule has 0 radical (unpaired) electrons. The minimum Gasteiger partial charge on any atom is -0.370 e. The Morgan fingerprint density at radius 2 is 2.12 bits per heavy atom. The van der Waals surface area contributed by atoms with E-state index in [1.807, 2.05) is 6.07 Å². The Hall–Kier alpha value is -1.77. The molecule has 0 atom stereocenters. The van der Waals surface area contributed by atoms with Crippen LogP contribution in [-0.2, 0) is 6.54 Å². The fourth-order valence-electron chi connectivity index (χ4n) is 2.39. The lowest BCUT2D eigenvalue weighted by molar-refractivity contribution is 0.744. The molecule has 24 heavy (non-hydrogen) atoms. The van der Waals surface area contributed by atoms with Gasteiger partial charge in [-0.15, -0.1) is 24.0 Å². The number of aliphatic imine (C=N–C) groups is 1. The Bertz CT molecular complexity index is 611. The highest BCUT2D eigenvalue weighted by molar-refractivity contribution is 14.0. The van der Waals surface area contributed by atoms with Gasteiger partial charge in [-0.1, -0.05) is 12.1 Å². The number of anilines is 1. The summed E-state index contributed by atoms with van der Waals surface area (Å²) in [6, 6.07) is 10.5. The third kappa shape index (κ3) is 6.38. The van der Waals surface area contributed by atoms with Crippen molar-refractivity contribution in [1.29, 1.82) is 0 Å². The molecule has 1 aromatic heterocycles. The van der Waals surface area contributed by atoms with E-state index in [2.05, 4.69) is 68.8 Å². The Labute approximate surface area is 161 Å². The first kappa shape index (κ1) is 20.3. The van der Waals surface area contributed by atoms with Crippen LogP contribution in [0.1, 0.15) is 18.2 Å². The first-order chi connectivity index (χ1) is 11.2. The fraction of sp³-hybridized carbons (Fsp3) is 0.412. The van der Waals surface area contributed by atoms with Crippen LogP contribution in [0.3, 0.4) is 0 Å². The third-order valence-electron chi connectivity index (χ3n) is 3.65. The molecule has 0 bridgehead atoms. The van der Waals surface area contributed by atoms with Crippen molar-refractivity contribution in [2.45, 2.75) is 20.4 Å². The van der Waals surface area contributed by atoms with Crippen molar-refractivity contribution in [2.24, 2.45) is 4.99 Å². The van der Waals surface area contributed by atoms with Crippen LogP contribution in [0.2, 0.25) is 0 Å². The highest BCUT2D eigenvalue weighted by Gasteiger charge is 2.05. The molecule has 0 aliphatic heterocycles. The van der Waals surface area contributed by atoms with Crippen molar-refractivity contribution in [3.05, 3.63) is 47.8 Å². The number of aromatic nitrogens is 2. The zero-order valence-corrected chi connectivity index (χ0v) is 16.9. The minimum absolute atomic E-state index is 0. The first-order valence-corrected chi connectivity index (χ1v) is 7.97. The average molecular weight is 442 g/mol. The molecule has 1 heterocycles. The molecule has 0 fully saturated rings. The number of benzene rings is 1. The number of rotatable bonds is 7. The maximum atomic E-state index is 4.24. The summed E-state index contributed by atoms with van der Waals surface area (Å²) in [6.07, 6.45) is 1.74. The van der Waals surface area contributed by atoms with Crippen LogP contribution in [0.25, 0.3) is 0 Å². The number of aromatic amines is 1. The van der Waals surface area contributed by atoms with Crippen LogP contribution in [0.4, 0.5) is 5.69 Å². The molecule has 0 unspecified atom stereocenters. The molecule has 3 N–H and O–H groups in total. The summed E-state index contributed by atoms with van der Waals surface area (Å²) in [5, 5.41) is 13.5. The van der Waals surface area contributed by atoms with Gasteiger partial charge in [0.05, 0.1) is 12.2 Å². The Morgan fingerprint density at radius 3 is 2.75 bits per heavy atom. The van der Waals surface area contributed by atoms with E-state index in [0.29, 0.717) is 6.54 Å². The predicted molar refractivity (Wildman–Crippen MR) is 111 cm³/mol. The molecule has 1 aromatic carbocycles. The molecular weight excluding hydrogens is 415 g/mol. The van der Waals surface area contributed by atoms with E-state index in [1.54, 1.807) is 13.2 Å². The Balaban J connectivity index is 0.00000288. The number of H-pyrrole nitrogens is 1. The summed E-state index contributed by atoms with van der Waals surface area (Å²) in [4.78, 5) is 6.59. The van der Waals surface area contributed by atoms with E-state index in [4.69, 9.17) is 0 Å². The minimum atomic E-state index is 0. The van der Waals surface area contributed by atoms with E-state index in [1.165, 1.54) is 11.3 Å². The van der Waals surface area contributed by atoms with Gasteiger partial charge in [0.1, 0.15) is 0 Å². The van der Waals surface area contributed by atoms with Gasteiger partial charge in [0.15, 0.2) is 5.96 Å². The van der Waals surface area contributed by atoms with E-state index in [9.17, 15) is 0 Å². The number of nitrogens with one attached hydrogen (secondary N) is 3. The van der Waals surface area contributed by atoms with E-state index >= 15 is 0 Å². The van der Waals surface area contributed by atoms with Crippen molar-refractivity contribution in [1.82, 2.24) is 20.8 Å². The van der Waals surface area contributed by atoms with Crippen LogP contribution in [0.15, 0.2) is 41.5 Å². The molecular formula is C17H27IN6. The second kappa shape index (κ2) is 10.9. The number of guanidine groups is 1. The van der Waals surface area contributed by atoms with Gasteiger partial charge < -0.3 is 15.5 Å². The lowest BCUT2D eigenvalue weighted by atomic mass is 10.2. The molecule has 0 aliphatic rings. The van der Waals surface area contributed by atoms with Gasteiger partial charge in [-0.05, 0) is 37.6 Å². The summed E-state index contributed by atoms with van der Waals surface area (Å²) in [7, 11) is 1.78. The average Bonchev–Trinajstić information content (AvgIpc) is 3.08. The van der Waals surface area contributed by atoms with Crippen molar-refractivity contribution in [3.8, 4) is 0 Å². The highest BCUT2D eigenvalue weighted by Crippen LogP contribution is 2.14. The van der Waals surface area contributed by atoms with Crippen LogP contribution >= 0.6 is 24.0 Å². The second-order valence-corrected chi connectivity index (χ2v) is 5.35. The third-order valence-corrected chi connectivity index (χ3v) is 3.65. The van der Waals surface area contributed by atoms with Gasteiger partial charge >= 0.3 is 0 Å². The van der Waals surface area contributed by atoms with Gasteiger partial charge in [0.25, 0.3) is 0 Å². The number of hydrogen-bond acceptors (Lipinski definition) is 3. The Morgan fingerprint density at radius 1 is 1.29 bits per heavy atom. The molecule has 2 aromatic rings. The van der Waals surface area contributed by atoms with Crippen molar-refractivity contribution >= 4 is 35.6 Å². The van der Waals surface area contributed by atoms with Gasteiger partial charge in [-0.25, -0.2) is 0 Å². The number of halogens is 1. The summed E-state index contributed by atoms with van der Waals surface area (Å²) in [5.41, 5.74) is 3.57. The largest absolute Gasteiger partial charge is 0.370 e. The normalized spacial score (nSPS) is 10.9. The predicted octanol–water partition coefficient (Wildman–Crippen LogP) is 2.53. The van der Waals surface area contributed by atoms with E-state index in [0.717, 1.165) is 31.3 Å². The summed E-state index contributed by atoms with van der Waals surface area (Å²) in [5.74, 6) is 0.792. The molecule has 0 saturated carbocycles. The molecule has 7 heteroatoms. The SMILES string of the molecule is CCN(CCNC(=NC)NCc1ccn[nH]1)c1cccc(C)c1.I. The van der Waals surface area contributed by atoms with Gasteiger partial charge in [-0.2, -0.15) is 5.10 Å². The van der Waals surface area contributed by atoms with Crippen molar-refractivity contribution < 1.29 is 0 Å². The van der Waals surface area contributed by atoms with Crippen LogP contribution in [0.5, 0.6) is 0 Å². The van der Waals surface area contributed by atoms with Crippen LogP contribution < -0.4 is 15.5 Å². The molecule has 6 nitrogen and oxygen atoms in total. The van der Waals surface area contributed by atoms with Gasteiger partial charge in [-0.3, -0.25) is 10.1 Å². The molecule has 0 amide bonds. The van der Waals surface area contributed by atoms with E-state index in [-0.39, 0.29) is 24.0 Å². The van der Waals surface area contributed by atoms with E-state index < -0.39 is 0 Å². The quantitative estimate of drug-likeness (QED) is 0.350. The molecule has 0 aliphatic carbocycles. The zero-order valence-electron chi connectivity index (χ0n) is 14.5. The van der Waals surface area contributed by atoms with Crippen LogP contribution in [-0.4, -0.2) is 42.8 Å². The maximum absolute atomic E-state index is 4.24. The monoisotopic (exact) mass is 442 g/mol. The maximum Gasteiger partial charge on any atom is 0.191 e. The van der Waals surface area contributed by atoms with Gasteiger partial charge in [0.2, 0.25) is 0 Å². The van der Waals surface area contributed by atoms with Crippen molar-refractivity contribution in [2.75, 3.05) is 31.6 Å². The summed E-state index contributed by atoms with van der Waals surface area (Å²) >= 11 is 0. The molecule has 0 spiro atoms. The summed E-state index contributed by atoms with van der Waals surface area (Å²) < 4.78 is 0. The van der Waals surface area contributed by atoms with Crippen molar-refractivity contribution in [3.63, 3.8) is 0 Å². The number of hydrogen-bond donors (Lipinski definition) is 3. The first-order valence-electron chi connectivity index (χ1n) is 7.97. The topological polar surface area (TPSA) is 68.3 Å². The molecule has 0 saturated heterocycles. The number of nitrogens with zero attached hydrogens (tertiary/aromatic N) is 3. The standard InChI is InChI=1S/C17H26N6.HI/c1-4-23(16-7-5-6-14(2)12-16)11-10-19-17(18-3)20-13-15-8-9-21-22-15;/h5-9,12H,4,10-11,13H2,1-3H3,(H,21,22)(H2,18,19,20);1H. The Kier molecular flexibility index (Phi) is 9.21. The fourth-order valence-corrected chi connectivity index (χ4v) is 2.39. The lowest BCUT2D eigenvalue weighted by Crippen LogP contribution is -2.41. The number of likely N-dealkylation sites (N-methyl/N-ethyl adjacent to an activating group) is 1. The number of aryl methyl sites for hydroxylation is 1. The molecule has 2 rings (SSSR count).